The second kappa shape index (κ2) is 6.98. The van der Waals surface area contributed by atoms with Crippen LogP contribution in [0.4, 0.5) is 0 Å². The summed E-state index contributed by atoms with van der Waals surface area (Å²) in [5.74, 6) is -0.565. The molecule has 1 aromatic rings. The van der Waals surface area contributed by atoms with Crippen LogP contribution in [0.5, 0.6) is 0 Å². The molecule has 11 heteroatoms. The van der Waals surface area contributed by atoms with Crippen molar-refractivity contribution in [2.24, 2.45) is 0 Å². The Morgan fingerprint density at radius 2 is 2.05 bits per heavy atom. The van der Waals surface area contributed by atoms with Gasteiger partial charge in [-0.3, -0.25) is 0 Å². The summed E-state index contributed by atoms with van der Waals surface area (Å²) in [6.07, 6.45) is 0.784. The largest absolute Gasteiger partial charge is 0.518 e. The van der Waals surface area contributed by atoms with E-state index in [0.717, 1.165) is 6.26 Å². The summed E-state index contributed by atoms with van der Waals surface area (Å²) in [4.78, 5) is 39.0. The van der Waals surface area contributed by atoms with Crippen LogP contribution < -0.4 is 5.82 Å². The zero-order valence-corrected chi connectivity index (χ0v) is 9.55. The van der Waals surface area contributed by atoms with Gasteiger partial charge in [-0.25, -0.2) is 4.79 Å². The molecule has 0 amide bonds. The molecule has 0 fully saturated rings. The molecule has 0 bridgehead atoms. The molecule has 1 unspecified atom stereocenters. The molecule has 1 heterocycles. The van der Waals surface area contributed by atoms with Gasteiger partial charge in [0.25, 0.3) is 10.2 Å². The maximum Gasteiger partial charge on any atom is 0.518 e. The summed E-state index contributed by atoms with van der Waals surface area (Å²) in [5.41, 5.74) is 0. The molecule has 0 aliphatic carbocycles. The molecule has 1 rings (SSSR count). The number of rotatable bonds is 9. The van der Waals surface area contributed by atoms with Gasteiger partial charge in [0.15, 0.2) is 0 Å². The lowest BCUT2D eigenvalue weighted by molar-refractivity contribution is -0.790. The highest BCUT2D eigenvalue weighted by Gasteiger charge is 2.16. The predicted octanol–water partition coefficient (Wildman–Crippen LogP) is 0.341. The van der Waals surface area contributed by atoms with Gasteiger partial charge < -0.3 is 18.5 Å². The Kier molecular flexibility index (Phi) is 5.32. The summed E-state index contributed by atoms with van der Waals surface area (Å²) in [6, 6.07) is 0. The van der Waals surface area contributed by atoms with E-state index >= 15 is 0 Å². The van der Waals surface area contributed by atoms with Crippen molar-refractivity contribution in [2.75, 3.05) is 6.61 Å². The van der Waals surface area contributed by atoms with E-state index in [-0.39, 0.29) is 18.6 Å². The molecule has 0 saturated heterocycles. The normalized spacial score (nSPS) is 11.8. The Labute approximate surface area is 104 Å². The Morgan fingerprint density at radius 3 is 2.58 bits per heavy atom. The highest BCUT2D eigenvalue weighted by Crippen LogP contribution is 2.08. The molecule has 1 aromatic heterocycles. The standard InChI is InChI=1S/C8H10N2O9/c11-8-16-4-6(18-8)2-1-3-7(19-10(14)15)5-17-9(12)13/h4,7H,1-3,5H2. The van der Waals surface area contributed by atoms with Crippen molar-refractivity contribution in [1.82, 2.24) is 0 Å². The van der Waals surface area contributed by atoms with E-state index in [4.69, 9.17) is 0 Å². The van der Waals surface area contributed by atoms with E-state index in [0.29, 0.717) is 6.42 Å². The fourth-order valence-corrected chi connectivity index (χ4v) is 1.32. The molecule has 11 nitrogen and oxygen atoms in total. The van der Waals surface area contributed by atoms with Crippen molar-refractivity contribution in [2.45, 2.75) is 25.4 Å². The van der Waals surface area contributed by atoms with Crippen LogP contribution in [0, 0.1) is 20.2 Å². The summed E-state index contributed by atoms with van der Waals surface area (Å²) in [5, 5.41) is 18.0. The van der Waals surface area contributed by atoms with E-state index in [2.05, 4.69) is 18.5 Å². The van der Waals surface area contributed by atoms with Crippen LogP contribution in [-0.4, -0.2) is 22.9 Å². The van der Waals surface area contributed by atoms with Crippen LogP contribution >= 0.6 is 0 Å². The van der Waals surface area contributed by atoms with Crippen LogP contribution in [0.25, 0.3) is 0 Å². The Bertz CT molecular complexity index is 479. The lowest BCUT2D eigenvalue weighted by Crippen LogP contribution is -2.24. The van der Waals surface area contributed by atoms with Crippen molar-refractivity contribution < 1.29 is 28.7 Å². The third-order valence-corrected chi connectivity index (χ3v) is 2.05. The van der Waals surface area contributed by atoms with E-state index in [1.165, 1.54) is 0 Å². The molecule has 0 spiro atoms. The molecular weight excluding hydrogens is 268 g/mol. The predicted molar refractivity (Wildman–Crippen MR) is 55.0 cm³/mol. The average Bonchev–Trinajstić information content (AvgIpc) is 2.71. The number of aryl methyl sites for hydroxylation is 1. The summed E-state index contributed by atoms with van der Waals surface area (Å²) in [7, 11) is 0. The quantitative estimate of drug-likeness (QED) is 0.460. The summed E-state index contributed by atoms with van der Waals surface area (Å²) >= 11 is 0. The van der Waals surface area contributed by atoms with Crippen LogP contribution in [0.3, 0.4) is 0 Å². The lowest BCUT2D eigenvalue weighted by atomic mass is 10.1. The lowest BCUT2D eigenvalue weighted by Gasteiger charge is -2.12. The molecular formula is C8H10N2O9. The van der Waals surface area contributed by atoms with Gasteiger partial charge in [0.1, 0.15) is 24.7 Å². The average molecular weight is 278 g/mol. The fourth-order valence-electron chi connectivity index (χ4n) is 1.32. The minimum absolute atomic E-state index is 0.115. The van der Waals surface area contributed by atoms with E-state index in [1.807, 2.05) is 0 Å². The maximum absolute atomic E-state index is 10.6. The van der Waals surface area contributed by atoms with Crippen LogP contribution in [-0.2, 0) is 16.1 Å². The van der Waals surface area contributed by atoms with Crippen molar-refractivity contribution in [3.63, 3.8) is 0 Å². The second-order valence-electron chi connectivity index (χ2n) is 3.42. The van der Waals surface area contributed by atoms with Gasteiger partial charge in [0.05, 0.1) is 0 Å². The van der Waals surface area contributed by atoms with Crippen molar-refractivity contribution in [3.05, 3.63) is 42.9 Å². The third kappa shape index (κ3) is 6.05. The number of hydrogen-bond donors (Lipinski definition) is 0. The molecule has 0 aliphatic rings. The molecule has 0 N–H and O–H groups in total. The van der Waals surface area contributed by atoms with Gasteiger partial charge >= 0.3 is 5.82 Å². The zero-order chi connectivity index (χ0) is 14.3. The zero-order valence-electron chi connectivity index (χ0n) is 9.55. The molecule has 0 aromatic carbocycles. The van der Waals surface area contributed by atoms with Crippen LogP contribution in [0.1, 0.15) is 18.6 Å². The molecule has 0 aliphatic heterocycles. The Balaban J connectivity index is 2.36. The van der Waals surface area contributed by atoms with Gasteiger partial charge in [-0.15, -0.1) is 20.2 Å². The van der Waals surface area contributed by atoms with E-state index in [1.54, 1.807) is 0 Å². The first-order chi connectivity index (χ1) is 8.97. The Hall–Kier alpha value is -2.59. The van der Waals surface area contributed by atoms with Gasteiger partial charge in [-0.2, -0.15) is 0 Å². The molecule has 1 atom stereocenters. The first kappa shape index (κ1) is 14.5. The minimum Gasteiger partial charge on any atom is -0.399 e. The summed E-state index contributed by atoms with van der Waals surface area (Å²) in [6.45, 7) is -0.552. The van der Waals surface area contributed by atoms with Gasteiger partial charge in [-0.05, 0) is 12.8 Å². The smallest absolute Gasteiger partial charge is 0.399 e. The van der Waals surface area contributed by atoms with Crippen molar-refractivity contribution in [3.8, 4) is 0 Å². The first-order valence-electron chi connectivity index (χ1n) is 5.13. The second-order valence-corrected chi connectivity index (χ2v) is 3.42. The van der Waals surface area contributed by atoms with E-state index in [9.17, 15) is 25.0 Å². The first-order valence-corrected chi connectivity index (χ1v) is 5.13. The van der Waals surface area contributed by atoms with Gasteiger partial charge in [0.2, 0.25) is 0 Å². The molecule has 19 heavy (non-hydrogen) atoms. The number of hydrogen-bond acceptors (Lipinski definition) is 9. The van der Waals surface area contributed by atoms with Gasteiger partial charge in [-0.1, -0.05) is 0 Å². The van der Waals surface area contributed by atoms with Crippen molar-refractivity contribution in [1.29, 1.82) is 0 Å². The fraction of sp³-hybridized carbons (Fsp3) is 0.625. The van der Waals surface area contributed by atoms with E-state index < -0.39 is 28.7 Å². The maximum atomic E-state index is 10.6. The Morgan fingerprint density at radius 1 is 1.32 bits per heavy atom. The molecule has 0 saturated carbocycles. The molecule has 0 radical (unpaired) electrons. The highest BCUT2D eigenvalue weighted by molar-refractivity contribution is 4.85. The SMILES string of the molecule is O=c1occ(CCCC(CO[N+](=O)[O-])O[N+](=O)[O-])o1. The van der Waals surface area contributed by atoms with Crippen LogP contribution in [0.15, 0.2) is 19.9 Å². The minimum atomic E-state index is -1.07. The highest BCUT2D eigenvalue weighted by atomic mass is 17.0. The molecule has 106 valence electrons. The van der Waals surface area contributed by atoms with Gasteiger partial charge in [0, 0.05) is 6.42 Å². The number of nitrogens with zero attached hydrogens (tertiary/aromatic N) is 2. The van der Waals surface area contributed by atoms with Crippen LogP contribution in [0.2, 0.25) is 0 Å². The summed E-state index contributed by atoms with van der Waals surface area (Å²) < 4.78 is 9.00. The van der Waals surface area contributed by atoms with Crippen molar-refractivity contribution >= 4 is 0 Å². The third-order valence-electron chi connectivity index (χ3n) is 2.05. The monoisotopic (exact) mass is 278 g/mol. The topological polar surface area (TPSA) is 148 Å².